The lowest BCUT2D eigenvalue weighted by atomic mass is 10.1. The van der Waals surface area contributed by atoms with Crippen molar-refractivity contribution in [2.45, 2.75) is 70.8 Å². The Bertz CT molecular complexity index is 368. The first-order valence-electron chi connectivity index (χ1n) is 10.5. The summed E-state index contributed by atoms with van der Waals surface area (Å²) in [6.45, 7) is 7.86. The van der Waals surface area contributed by atoms with Crippen LogP contribution in [0.25, 0.3) is 0 Å². The monoisotopic (exact) mass is 353 g/mol. The molecule has 0 amide bonds. The first-order valence-corrected chi connectivity index (χ1v) is 10.5. The molecule has 5 heteroatoms. The predicted octanol–water partition coefficient (Wildman–Crippen LogP) is 3.44. The fourth-order valence-electron chi connectivity index (χ4n) is 3.88. The highest BCUT2D eigenvalue weighted by Gasteiger charge is 2.24. The second-order valence-corrected chi connectivity index (χ2v) is 7.48. The van der Waals surface area contributed by atoms with E-state index < -0.39 is 0 Å². The van der Waals surface area contributed by atoms with Crippen LogP contribution >= 0.6 is 0 Å². The zero-order valence-electron chi connectivity index (χ0n) is 16.5. The Kier molecular flexibility index (Phi) is 10.3. The molecule has 2 rings (SSSR count). The third-order valence-corrected chi connectivity index (χ3v) is 5.29. The van der Waals surface area contributed by atoms with E-state index in [-0.39, 0.29) is 0 Å². The normalized spacial score (nSPS) is 23.0. The number of methoxy groups -OCH3 is 1. The molecule has 1 saturated carbocycles. The summed E-state index contributed by atoms with van der Waals surface area (Å²) in [5, 5.41) is 3.44. The molecule has 5 nitrogen and oxygen atoms in total. The Hall–Kier alpha value is -0.810. The molecule has 1 heterocycles. The third kappa shape index (κ3) is 7.95. The minimum Gasteiger partial charge on any atom is -0.384 e. The summed E-state index contributed by atoms with van der Waals surface area (Å²) < 4.78 is 11.4. The Morgan fingerprint density at radius 2 is 1.92 bits per heavy atom. The Morgan fingerprint density at radius 1 is 1.12 bits per heavy atom. The van der Waals surface area contributed by atoms with E-state index in [0.717, 1.165) is 58.2 Å². The number of hydrogen-bond donors (Lipinski definition) is 1. The molecule has 2 fully saturated rings. The average Bonchev–Trinajstić information content (AvgIpc) is 2.92. The standard InChI is InChI=1S/C20H39N3O2/c1-3-21-20(23-14-12-18(16-23)17-24-2)22-13-8-9-15-25-19-10-6-4-5-7-11-19/h18-19H,3-17H2,1-2H3,(H,21,22). The fourth-order valence-corrected chi connectivity index (χ4v) is 3.88. The highest BCUT2D eigenvalue weighted by molar-refractivity contribution is 5.80. The van der Waals surface area contributed by atoms with Crippen LogP contribution in [-0.4, -0.2) is 63.5 Å². The second kappa shape index (κ2) is 12.5. The topological polar surface area (TPSA) is 46.1 Å². The van der Waals surface area contributed by atoms with Gasteiger partial charge in [0.15, 0.2) is 5.96 Å². The van der Waals surface area contributed by atoms with Gasteiger partial charge in [0.05, 0.1) is 12.7 Å². The molecule has 25 heavy (non-hydrogen) atoms. The summed E-state index contributed by atoms with van der Waals surface area (Å²) in [5.41, 5.74) is 0. The summed E-state index contributed by atoms with van der Waals surface area (Å²) in [7, 11) is 1.79. The van der Waals surface area contributed by atoms with Gasteiger partial charge in [-0.25, -0.2) is 0 Å². The minimum absolute atomic E-state index is 0.519. The van der Waals surface area contributed by atoms with Crippen LogP contribution in [-0.2, 0) is 9.47 Å². The summed E-state index contributed by atoms with van der Waals surface area (Å²) in [5.74, 6) is 1.72. The molecule has 0 bridgehead atoms. The maximum absolute atomic E-state index is 6.07. The molecule has 0 aromatic carbocycles. The maximum Gasteiger partial charge on any atom is 0.193 e. The molecule has 1 aliphatic carbocycles. The van der Waals surface area contributed by atoms with E-state index >= 15 is 0 Å². The van der Waals surface area contributed by atoms with Crippen LogP contribution < -0.4 is 5.32 Å². The second-order valence-electron chi connectivity index (χ2n) is 7.48. The molecular weight excluding hydrogens is 314 g/mol. The lowest BCUT2D eigenvalue weighted by Gasteiger charge is -2.21. The number of rotatable bonds is 9. The minimum atomic E-state index is 0.519. The van der Waals surface area contributed by atoms with Gasteiger partial charge in [0.2, 0.25) is 0 Å². The van der Waals surface area contributed by atoms with E-state index in [1.165, 1.54) is 44.9 Å². The number of nitrogens with zero attached hydrogens (tertiary/aromatic N) is 2. The average molecular weight is 354 g/mol. The van der Waals surface area contributed by atoms with Crippen LogP contribution in [0.5, 0.6) is 0 Å². The lowest BCUT2D eigenvalue weighted by molar-refractivity contribution is 0.0412. The van der Waals surface area contributed by atoms with Crippen molar-refractivity contribution in [3.05, 3.63) is 0 Å². The molecule has 0 aromatic heterocycles. The fraction of sp³-hybridized carbons (Fsp3) is 0.950. The maximum atomic E-state index is 6.07. The van der Waals surface area contributed by atoms with Gasteiger partial charge in [-0.2, -0.15) is 0 Å². The molecule has 2 aliphatic rings. The first-order chi connectivity index (χ1) is 12.3. The summed E-state index contributed by atoms with van der Waals surface area (Å²) in [4.78, 5) is 7.21. The van der Waals surface area contributed by atoms with Crippen LogP contribution in [0.15, 0.2) is 4.99 Å². The van der Waals surface area contributed by atoms with Gasteiger partial charge in [-0.05, 0) is 39.0 Å². The molecule has 1 aliphatic heterocycles. The van der Waals surface area contributed by atoms with Gasteiger partial charge in [-0.15, -0.1) is 0 Å². The van der Waals surface area contributed by atoms with Gasteiger partial charge < -0.3 is 19.7 Å². The van der Waals surface area contributed by atoms with Crippen LogP contribution in [0.4, 0.5) is 0 Å². The summed E-state index contributed by atoms with van der Waals surface area (Å²) in [6, 6.07) is 0. The van der Waals surface area contributed by atoms with Gasteiger partial charge in [0.1, 0.15) is 0 Å². The summed E-state index contributed by atoms with van der Waals surface area (Å²) in [6.07, 6.45) is 12.0. The molecule has 146 valence electrons. The number of aliphatic imine (C=N–C) groups is 1. The smallest absolute Gasteiger partial charge is 0.193 e. The quantitative estimate of drug-likeness (QED) is 0.298. The number of guanidine groups is 1. The van der Waals surface area contributed by atoms with Crippen LogP contribution in [0.2, 0.25) is 0 Å². The van der Waals surface area contributed by atoms with Gasteiger partial charge in [-0.3, -0.25) is 4.99 Å². The van der Waals surface area contributed by atoms with Gasteiger partial charge in [0.25, 0.3) is 0 Å². The Labute approximate surface area is 154 Å². The SMILES string of the molecule is CCNC(=NCCCCOC1CCCCCC1)N1CCC(COC)C1. The first kappa shape index (κ1) is 20.5. The van der Waals surface area contributed by atoms with E-state index in [4.69, 9.17) is 14.5 Å². The highest BCUT2D eigenvalue weighted by atomic mass is 16.5. The van der Waals surface area contributed by atoms with Crippen molar-refractivity contribution in [1.82, 2.24) is 10.2 Å². The molecule has 0 spiro atoms. The largest absolute Gasteiger partial charge is 0.384 e. The van der Waals surface area contributed by atoms with Gasteiger partial charge >= 0.3 is 0 Å². The van der Waals surface area contributed by atoms with E-state index in [2.05, 4.69) is 17.1 Å². The van der Waals surface area contributed by atoms with Gasteiger partial charge in [-0.1, -0.05) is 25.7 Å². The number of hydrogen-bond acceptors (Lipinski definition) is 3. The number of nitrogens with one attached hydrogen (secondary N) is 1. The van der Waals surface area contributed by atoms with Crippen molar-refractivity contribution in [2.75, 3.05) is 46.5 Å². The van der Waals surface area contributed by atoms with Crippen molar-refractivity contribution >= 4 is 5.96 Å². The summed E-state index contributed by atoms with van der Waals surface area (Å²) >= 11 is 0. The molecule has 1 N–H and O–H groups in total. The third-order valence-electron chi connectivity index (χ3n) is 5.29. The molecule has 1 unspecified atom stereocenters. The van der Waals surface area contributed by atoms with Crippen molar-refractivity contribution in [2.24, 2.45) is 10.9 Å². The predicted molar refractivity (Wildman–Crippen MR) is 104 cm³/mol. The van der Waals surface area contributed by atoms with Crippen LogP contribution in [0.3, 0.4) is 0 Å². The molecule has 0 radical (unpaired) electrons. The number of likely N-dealkylation sites (tertiary alicyclic amines) is 1. The molecule has 1 saturated heterocycles. The van der Waals surface area contributed by atoms with E-state index in [9.17, 15) is 0 Å². The van der Waals surface area contributed by atoms with Crippen molar-refractivity contribution < 1.29 is 9.47 Å². The lowest BCUT2D eigenvalue weighted by Crippen LogP contribution is -2.40. The van der Waals surface area contributed by atoms with E-state index in [1.807, 2.05) is 0 Å². The van der Waals surface area contributed by atoms with Crippen molar-refractivity contribution in [3.63, 3.8) is 0 Å². The number of unbranched alkanes of at least 4 members (excludes halogenated alkanes) is 1. The van der Waals surface area contributed by atoms with Crippen molar-refractivity contribution in [3.8, 4) is 0 Å². The van der Waals surface area contributed by atoms with Gasteiger partial charge in [0, 0.05) is 45.8 Å². The van der Waals surface area contributed by atoms with Crippen molar-refractivity contribution in [1.29, 1.82) is 0 Å². The molecular formula is C20H39N3O2. The van der Waals surface area contributed by atoms with E-state index in [1.54, 1.807) is 7.11 Å². The zero-order valence-corrected chi connectivity index (χ0v) is 16.5. The molecule has 1 atom stereocenters. The van der Waals surface area contributed by atoms with Crippen LogP contribution in [0.1, 0.15) is 64.7 Å². The van der Waals surface area contributed by atoms with Crippen LogP contribution in [0, 0.1) is 5.92 Å². The van der Waals surface area contributed by atoms with E-state index in [0.29, 0.717) is 12.0 Å². The number of ether oxygens (including phenoxy) is 2. The Balaban J connectivity index is 1.62. The Morgan fingerprint density at radius 3 is 2.64 bits per heavy atom. The highest BCUT2D eigenvalue weighted by Crippen LogP contribution is 2.20. The zero-order chi connectivity index (χ0) is 17.7. The molecule has 0 aromatic rings.